The molecule has 0 spiro atoms. The Balaban J connectivity index is 1.70. The number of hydrogen-bond donors (Lipinski definition) is 2. The van der Waals surface area contributed by atoms with Crippen LogP contribution in [0.2, 0.25) is 0 Å². The number of hydrogen-bond acceptors (Lipinski definition) is 11. The number of nitrogens with one attached hydrogen (secondary N) is 2. The molecule has 6 unspecified atom stereocenters. The smallest absolute Gasteiger partial charge is 0.407 e. The van der Waals surface area contributed by atoms with Crippen molar-refractivity contribution in [2.45, 2.75) is 165 Å². The van der Waals surface area contributed by atoms with Gasteiger partial charge in [-0.1, -0.05) is 88.8 Å². The van der Waals surface area contributed by atoms with Crippen molar-refractivity contribution in [2.24, 2.45) is 38.4 Å². The van der Waals surface area contributed by atoms with E-state index < -0.39 is 57.4 Å². The van der Waals surface area contributed by atoms with Crippen LogP contribution in [-0.2, 0) is 48.2 Å². The van der Waals surface area contributed by atoms with Gasteiger partial charge in [0.1, 0.15) is 26.4 Å². The Labute approximate surface area is 372 Å². The van der Waals surface area contributed by atoms with Gasteiger partial charge in [-0.15, -0.1) is 0 Å². The maximum absolute atomic E-state index is 14.9. The lowest BCUT2D eigenvalue weighted by Crippen LogP contribution is -2.60. The van der Waals surface area contributed by atoms with Crippen LogP contribution in [0.25, 0.3) is 0 Å². The molecule has 2 amide bonds. The molecule has 0 aromatic carbocycles. The molecule has 1 aromatic heterocycles. The fourth-order valence-corrected chi connectivity index (χ4v) is 12.3. The largest absolute Gasteiger partial charge is 0.459 e. The molecular weight excluding hydrogens is 811 g/mol. The minimum atomic E-state index is -0.688. The molecule has 3 aliphatic rings. The Morgan fingerprint density at radius 3 is 1.19 bits per heavy atom. The van der Waals surface area contributed by atoms with Crippen LogP contribution >= 0.6 is 0 Å². The van der Waals surface area contributed by atoms with Crippen molar-refractivity contribution in [3.05, 3.63) is 56.8 Å². The third kappa shape index (κ3) is 14.4. The molecule has 0 aliphatic heterocycles. The third-order valence-electron chi connectivity index (χ3n) is 13.1. The van der Waals surface area contributed by atoms with E-state index in [2.05, 4.69) is 79.2 Å². The van der Waals surface area contributed by atoms with E-state index in [-0.39, 0.29) is 74.4 Å². The van der Waals surface area contributed by atoms with Crippen molar-refractivity contribution in [3.8, 4) is 0 Å². The molecule has 16 heteroatoms. The average molecular weight is 886 g/mol. The Morgan fingerprint density at radius 2 is 0.857 bits per heavy atom. The Hall–Kier alpha value is -4.63. The maximum Gasteiger partial charge on any atom is 0.407 e. The van der Waals surface area contributed by atoms with Gasteiger partial charge in [0.05, 0.1) is 0 Å². The average Bonchev–Trinajstić information content (AvgIpc) is 3.14. The summed E-state index contributed by atoms with van der Waals surface area (Å²) in [4.78, 5) is 93.2. The Morgan fingerprint density at radius 1 is 0.540 bits per heavy atom. The Bertz CT molecular complexity index is 1930. The summed E-state index contributed by atoms with van der Waals surface area (Å²) in [5.41, 5.74) is -4.31. The molecule has 3 fully saturated rings. The molecule has 3 aliphatic carbocycles. The van der Waals surface area contributed by atoms with Gasteiger partial charge in [0.2, 0.25) is 0 Å². The van der Waals surface area contributed by atoms with E-state index in [4.69, 9.17) is 18.9 Å². The summed E-state index contributed by atoms with van der Waals surface area (Å²) in [6, 6.07) is -0.719. The molecule has 4 rings (SSSR count). The number of carbonyl (C=O) groups excluding carboxylic acids is 4. The number of ether oxygens (including phenoxy) is 4. The normalized spacial score (nSPS) is 28.4. The molecule has 0 saturated heterocycles. The Kier molecular flexibility index (Phi) is 16.2. The number of rotatable bonds is 17. The minimum absolute atomic E-state index is 0.00846. The van der Waals surface area contributed by atoms with E-state index in [1.807, 2.05) is 13.8 Å². The summed E-state index contributed by atoms with van der Waals surface area (Å²) in [6.45, 7) is 27.5. The van der Waals surface area contributed by atoms with Gasteiger partial charge < -0.3 is 29.6 Å². The van der Waals surface area contributed by atoms with Gasteiger partial charge in [-0.2, -0.15) is 0 Å². The van der Waals surface area contributed by atoms with Crippen molar-refractivity contribution < 1.29 is 38.1 Å². The summed E-state index contributed by atoms with van der Waals surface area (Å²) < 4.78 is 24.2. The van der Waals surface area contributed by atoms with Gasteiger partial charge in [-0.05, 0) is 96.2 Å². The van der Waals surface area contributed by atoms with Gasteiger partial charge in [0.25, 0.3) is 0 Å². The monoisotopic (exact) mass is 886 g/mol. The van der Waals surface area contributed by atoms with Crippen LogP contribution in [0.1, 0.15) is 133 Å². The zero-order valence-electron chi connectivity index (χ0n) is 39.7. The fraction of sp³-hybridized carbons (Fsp3) is 0.766. The second-order valence-corrected chi connectivity index (χ2v) is 22.3. The van der Waals surface area contributed by atoms with Gasteiger partial charge in [-0.3, -0.25) is 0 Å². The molecule has 2 N–H and O–H groups in total. The second-order valence-electron chi connectivity index (χ2n) is 22.3. The molecule has 6 atom stereocenters. The first kappa shape index (κ1) is 51.0. The van der Waals surface area contributed by atoms with Crippen molar-refractivity contribution in [2.75, 3.05) is 26.4 Å². The molecule has 0 bridgehead atoms. The highest BCUT2D eigenvalue weighted by Crippen LogP contribution is 2.51. The predicted molar refractivity (Wildman–Crippen MR) is 239 cm³/mol. The van der Waals surface area contributed by atoms with E-state index in [0.717, 1.165) is 37.8 Å². The molecular formula is C47H75N5O11. The molecule has 0 radical (unpaired) electrons. The highest BCUT2D eigenvalue weighted by molar-refractivity contribution is 5.81. The SMILES string of the molecule is C=CC(=O)OCCOC(=O)NC1CC(C)(C)CC(C)(Cn2c(=O)n(CC3(C)CC(CC)CC(C)(C)C3)c(=O)n(CC3(C)CC(NC(=O)OCCOC(=O)C=C)CC(C)(C)C3)c2=O)C1. The number of amides is 2. The number of esters is 2. The lowest BCUT2D eigenvalue weighted by atomic mass is 9.60. The second kappa shape index (κ2) is 20.0. The standard InChI is InChI=1S/C47H75N5O11/c1-13-32-20-42(4,5)26-45(10,21-32)29-50-39(57)51(30-46(11)24-33(22-43(6,7)27-46)48-37(55)62-18-16-60-35(53)14-2)41(59)52(40(50)58)31-47(12)25-34(23-44(8,9)28-47)49-38(56)63-19-17-61-36(54)15-3/h14-15,32-34H,2-3,13,16-31H2,1,4-12H3,(H,48,55)(H,49,56). The van der Waals surface area contributed by atoms with Crippen LogP contribution in [0.15, 0.2) is 39.7 Å². The molecule has 354 valence electrons. The van der Waals surface area contributed by atoms with Gasteiger partial charge in [0, 0.05) is 43.9 Å². The zero-order chi connectivity index (χ0) is 47.2. The van der Waals surface area contributed by atoms with Crippen molar-refractivity contribution in [1.82, 2.24) is 24.3 Å². The van der Waals surface area contributed by atoms with Crippen LogP contribution in [0.4, 0.5) is 9.59 Å². The quantitative estimate of drug-likeness (QED) is 0.0751. The van der Waals surface area contributed by atoms with Crippen LogP contribution in [0, 0.1) is 38.4 Å². The molecule has 3 saturated carbocycles. The first-order chi connectivity index (χ1) is 29.1. The van der Waals surface area contributed by atoms with E-state index in [0.29, 0.717) is 44.4 Å². The van der Waals surface area contributed by atoms with Gasteiger partial charge in [0.15, 0.2) is 0 Å². The van der Waals surface area contributed by atoms with Gasteiger partial charge in [-0.25, -0.2) is 47.3 Å². The van der Waals surface area contributed by atoms with Crippen molar-refractivity contribution >= 4 is 24.1 Å². The van der Waals surface area contributed by atoms with Crippen LogP contribution < -0.4 is 27.7 Å². The number of carbonyl (C=O) groups is 4. The predicted octanol–water partition coefficient (Wildman–Crippen LogP) is 6.50. The van der Waals surface area contributed by atoms with Gasteiger partial charge >= 0.3 is 41.2 Å². The summed E-state index contributed by atoms with van der Waals surface area (Å²) in [6.07, 6.45) is 7.75. The summed E-state index contributed by atoms with van der Waals surface area (Å²) >= 11 is 0. The first-order valence-corrected chi connectivity index (χ1v) is 22.5. The van der Waals surface area contributed by atoms with Crippen LogP contribution in [0.5, 0.6) is 0 Å². The van der Waals surface area contributed by atoms with Crippen molar-refractivity contribution in [1.29, 1.82) is 0 Å². The maximum atomic E-state index is 14.9. The topological polar surface area (TPSA) is 195 Å². The van der Waals surface area contributed by atoms with E-state index in [9.17, 15) is 33.6 Å². The zero-order valence-corrected chi connectivity index (χ0v) is 39.7. The lowest BCUT2D eigenvalue weighted by molar-refractivity contribution is -0.139. The summed E-state index contributed by atoms with van der Waals surface area (Å²) in [5, 5.41) is 5.90. The van der Waals surface area contributed by atoms with Crippen LogP contribution in [-0.4, -0.2) is 76.3 Å². The molecule has 63 heavy (non-hydrogen) atoms. The van der Waals surface area contributed by atoms with E-state index in [1.54, 1.807) is 0 Å². The first-order valence-electron chi connectivity index (χ1n) is 22.5. The fourth-order valence-electron chi connectivity index (χ4n) is 12.3. The molecule has 1 aromatic rings. The number of aromatic nitrogens is 3. The summed E-state index contributed by atoms with van der Waals surface area (Å²) in [5.74, 6) is -0.819. The molecule has 1 heterocycles. The third-order valence-corrected chi connectivity index (χ3v) is 13.1. The minimum Gasteiger partial charge on any atom is -0.459 e. The lowest BCUT2D eigenvalue weighted by Gasteiger charge is -2.48. The highest BCUT2D eigenvalue weighted by atomic mass is 16.6. The van der Waals surface area contributed by atoms with Crippen LogP contribution in [0.3, 0.4) is 0 Å². The molecule has 16 nitrogen and oxygen atoms in total. The highest BCUT2D eigenvalue weighted by Gasteiger charge is 2.46. The number of nitrogens with zero attached hydrogens (tertiary/aromatic N) is 3. The van der Waals surface area contributed by atoms with E-state index in [1.165, 1.54) is 13.7 Å². The number of alkyl carbamates (subject to hydrolysis) is 2. The van der Waals surface area contributed by atoms with E-state index >= 15 is 0 Å². The summed E-state index contributed by atoms with van der Waals surface area (Å²) in [7, 11) is 0. The van der Waals surface area contributed by atoms with Crippen molar-refractivity contribution in [3.63, 3.8) is 0 Å².